The summed E-state index contributed by atoms with van der Waals surface area (Å²) in [5.74, 6) is 0.198. The third kappa shape index (κ3) is 1.62. The number of esters is 1. The number of rotatable bonds is 2. The molecule has 0 amide bonds. The van der Waals surface area contributed by atoms with Crippen LogP contribution >= 0.6 is 0 Å². The van der Waals surface area contributed by atoms with Gasteiger partial charge in [0.15, 0.2) is 0 Å². The van der Waals surface area contributed by atoms with Crippen molar-refractivity contribution in [2.24, 2.45) is 0 Å². The molecule has 1 aromatic heterocycles. The third-order valence-corrected chi connectivity index (χ3v) is 1.06. The second kappa shape index (κ2) is 3.06. The van der Waals surface area contributed by atoms with Crippen LogP contribution in [0.25, 0.3) is 0 Å². The van der Waals surface area contributed by atoms with Crippen molar-refractivity contribution in [2.75, 3.05) is 0 Å². The lowest BCUT2D eigenvalue weighted by Gasteiger charge is -1.92. The summed E-state index contributed by atoms with van der Waals surface area (Å²) in [4.78, 5) is 10.5. The molecule has 1 radical (unpaired) electrons. The van der Waals surface area contributed by atoms with Crippen LogP contribution in [0.2, 0.25) is 0 Å². The van der Waals surface area contributed by atoms with Gasteiger partial charge >= 0.3 is 5.97 Å². The normalized spacial score (nSPS) is 9.30. The first-order valence-electron chi connectivity index (χ1n) is 2.80. The Bertz CT molecular complexity index is 201. The van der Waals surface area contributed by atoms with Crippen LogP contribution in [0.1, 0.15) is 5.76 Å². The fourth-order valence-electron chi connectivity index (χ4n) is 0.606. The quantitative estimate of drug-likeness (QED) is 0.577. The van der Waals surface area contributed by atoms with Crippen molar-refractivity contribution < 1.29 is 13.9 Å². The minimum atomic E-state index is -0.394. The lowest BCUT2D eigenvalue weighted by atomic mass is 10.3. The zero-order valence-electron chi connectivity index (χ0n) is 5.37. The zero-order valence-corrected chi connectivity index (χ0v) is 5.37. The van der Waals surface area contributed by atoms with Crippen molar-refractivity contribution >= 4 is 5.97 Å². The Labute approximate surface area is 58.6 Å². The predicted octanol–water partition coefficient (Wildman–Crippen LogP) is 1.16. The van der Waals surface area contributed by atoms with E-state index >= 15 is 0 Å². The highest BCUT2D eigenvalue weighted by Crippen LogP contribution is 2.01. The van der Waals surface area contributed by atoms with Crippen LogP contribution in [0.3, 0.4) is 0 Å². The molecule has 3 nitrogen and oxygen atoms in total. The Morgan fingerprint density at radius 1 is 1.80 bits per heavy atom. The first kappa shape index (κ1) is 6.86. The second-order valence-corrected chi connectivity index (χ2v) is 1.77. The highest BCUT2D eigenvalue weighted by Gasteiger charge is 2.03. The maximum Gasteiger partial charge on any atom is 0.313 e. The van der Waals surface area contributed by atoms with E-state index in [1.165, 1.54) is 6.26 Å². The summed E-state index contributed by atoms with van der Waals surface area (Å²) in [5, 5.41) is 0. The van der Waals surface area contributed by atoms with Crippen LogP contribution in [0.15, 0.2) is 22.8 Å². The number of carbonyl (C=O) groups excluding carboxylic acids is 1. The van der Waals surface area contributed by atoms with E-state index in [-0.39, 0.29) is 6.42 Å². The van der Waals surface area contributed by atoms with Gasteiger partial charge in [-0.05, 0) is 12.1 Å². The molecule has 0 aliphatic carbocycles. The van der Waals surface area contributed by atoms with Gasteiger partial charge in [0, 0.05) is 0 Å². The SMILES string of the molecule is [CH2]OC(=O)Cc1ccco1. The summed E-state index contributed by atoms with van der Waals surface area (Å²) in [6, 6.07) is 3.42. The molecule has 0 N–H and O–H groups in total. The molecule has 0 unspecified atom stereocenters. The minimum absolute atomic E-state index is 0.149. The third-order valence-electron chi connectivity index (χ3n) is 1.06. The largest absolute Gasteiger partial charge is 0.469 e. The van der Waals surface area contributed by atoms with E-state index in [1.54, 1.807) is 12.1 Å². The van der Waals surface area contributed by atoms with Gasteiger partial charge in [-0.2, -0.15) is 0 Å². The first-order valence-corrected chi connectivity index (χ1v) is 2.80. The molecule has 53 valence electrons. The maximum atomic E-state index is 10.5. The molecule has 0 aliphatic rings. The molecule has 0 aliphatic heterocycles. The summed E-state index contributed by atoms with van der Waals surface area (Å²) in [5.41, 5.74) is 0. The van der Waals surface area contributed by atoms with Gasteiger partial charge in [-0.3, -0.25) is 4.79 Å². The minimum Gasteiger partial charge on any atom is -0.469 e. The van der Waals surface area contributed by atoms with Crippen LogP contribution in [-0.2, 0) is 16.0 Å². The van der Waals surface area contributed by atoms with Gasteiger partial charge in [-0.25, -0.2) is 0 Å². The van der Waals surface area contributed by atoms with Crippen molar-refractivity contribution in [3.8, 4) is 0 Å². The van der Waals surface area contributed by atoms with Gasteiger partial charge in [-0.15, -0.1) is 0 Å². The summed E-state index contributed by atoms with van der Waals surface area (Å²) >= 11 is 0. The van der Waals surface area contributed by atoms with Crippen LogP contribution in [-0.4, -0.2) is 5.97 Å². The molecular weight excluding hydrogens is 132 g/mol. The molecule has 1 heterocycles. The van der Waals surface area contributed by atoms with E-state index in [0.717, 1.165) is 0 Å². The smallest absolute Gasteiger partial charge is 0.313 e. The summed E-state index contributed by atoms with van der Waals surface area (Å²) in [6.45, 7) is 0. The van der Waals surface area contributed by atoms with Crippen molar-refractivity contribution in [2.45, 2.75) is 6.42 Å². The average Bonchev–Trinajstić information content (AvgIpc) is 2.40. The molecule has 3 heteroatoms. The van der Waals surface area contributed by atoms with Gasteiger partial charge < -0.3 is 9.15 Å². The Morgan fingerprint density at radius 2 is 2.60 bits per heavy atom. The summed E-state index contributed by atoms with van der Waals surface area (Å²) in [7, 11) is 2.97. The molecule has 0 aromatic carbocycles. The molecule has 0 saturated carbocycles. The monoisotopic (exact) mass is 139 g/mol. The van der Waals surface area contributed by atoms with E-state index in [1.807, 2.05) is 0 Å². The first-order chi connectivity index (χ1) is 4.83. The zero-order chi connectivity index (χ0) is 7.40. The molecular formula is C7H7O3. The van der Waals surface area contributed by atoms with Crippen LogP contribution < -0.4 is 0 Å². The standard InChI is InChI=1S/C7H7O3/c1-9-7(8)5-6-3-2-4-10-6/h2-4H,1,5H2. The number of ether oxygens (including phenoxy) is 1. The van der Waals surface area contributed by atoms with Gasteiger partial charge in [0.25, 0.3) is 0 Å². The highest BCUT2D eigenvalue weighted by molar-refractivity contribution is 5.71. The van der Waals surface area contributed by atoms with Crippen LogP contribution in [0.4, 0.5) is 0 Å². The summed E-state index contributed by atoms with van der Waals surface area (Å²) in [6.07, 6.45) is 1.65. The van der Waals surface area contributed by atoms with E-state index < -0.39 is 5.97 Å². The summed E-state index contributed by atoms with van der Waals surface area (Å²) < 4.78 is 9.05. The maximum absolute atomic E-state index is 10.5. The van der Waals surface area contributed by atoms with E-state index in [0.29, 0.717) is 5.76 Å². The second-order valence-electron chi connectivity index (χ2n) is 1.77. The molecule has 0 atom stereocenters. The van der Waals surface area contributed by atoms with E-state index in [9.17, 15) is 4.79 Å². The Morgan fingerprint density at radius 3 is 3.10 bits per heavy atom. The van der Waals surface area contributed by atoms with Crippen molar-refractivity contribution in [3.63, 3.8) is 0 Å². The average molecular weight is 139 g/mol. The molecule has 0 spiro atoms. The fraction of sp³-hybridized carbons (Fsp3) is 0.143. The Hall–Kier alpha value is -1.25. The fourth-order valence-corrected chi connectivity index (χ4v) is 0.606. The molecule has 0 saturated heterocycles. The molecule has 1 rings (SSSR count). The lowest BCUT2D eigenvalue weighted by molar-refractivity contribution is -0.137. The number of carbonyl (C=O) groups is 1. The number of hydrogen-bond acceptors (Lipinski definition) is 3. The van der Waals surface area contributed by atoms with Crippen LogP contribution in [0.5, 0.6) is 0 Å². The van der Waals surface area contributed by atoms with Crippen molar-refractivity contribution in [1.82, 2.24) is 0 Å². The molecule has 10 heavy (non-hydrogen) atoms. The number of hydrogen-bond donors (Lipinski definition) is 0. The molecule has 0 bridgehead atoms. The number of furan rings is 1. The highest BCUT2D eigenvalue weighted by atomic mass is 16.5. The van der Waals surface area contributed by atoms with Crippen LogP contribution in [0, 0.1) is 7.11 Å². The predicted molar refractivity (Wildman–Crippen MR) is 33.9 cm³/mol. The van der Waals surface area contributed by atoms with Gasteiger partial charge in [0.2, 0.25) is 0 Å². The van der Waals surface area contributed by atoms with Crippen molar-refractivity contribution in [1.29, 1.82) is 0 Å². The topological polar surface area (TPSA) is 39.4 Å². The molecule has 1 aromatic rings. The van der Waals surface area contributed by atoms with Gasteiger partial charge in [-0.1, -0.05) is 0 Å². The van der Waals surface area contributed by atoms with Gasteiger partial charge in [0.05, 0.1) is 6.26 Å². The van der Waals surface area contributed by atoms with E-state index in [2.05, 4.69) is 11.8 Å². The Kier molecular flexibility index (Phi) is 2.10. The lowest BCUT2D eigenvalue weighted by Crippen LogP contribution is -2.01. The van der Waals surface area contributed by atoms with Crippen molar-refractivity contribution in [3.05, 3.63) is 31.3 Å². The molecule has 0 fully saturated rings. The Balaban J connectivity index is 2.48. The van der Waals surface area contributed by atoms with Gasteiger partial charge in [0.1, 0.15) is 19.3 Å². The van der Waals surface area contributed by atoms with E-state index in [4.69, 9.17) is 4.42 Å².